The molecule has 30 heavy (non-hydrogen) atoms. The largest absolute Gasteiger partial charge is 0.366 e. The molecule has 0 aromatic heterocycles. The van der Waals surface area contributed by atoms with Gasteiger partial charge in [-0.3, -0.25) is 14.4 Å². The Hall–Kier alpha value is -2.86. The molecule has 0 aliphatic carbocycles. The van der Waals surface area contributed by atoms with E-state index in [1.807, 2.05) is 24.8 Å². The van der Waals surface area contributed by atoms with Crippen LogP contribution in [0.2, 0.25) is 5.02 Å². The highest BCUT2D eigenvalue weighted by Crippen LogP contribution is 2.37. The second-order valence-electron chi connectivity index (χ2n) is 8.09. The van der Waals surface area contributed by atoms with Crippen LogP contribution in [-0.2, 0) is 4.79 Å². The number of nitrogens with zero attached hydrogens (tertiary/aromatic N) is 3. The maximum absolute atomic E-state index is 13.0. The van der Waals surface area contributed by atoms with Gasteiger partial charge < -0.3 is 9.80 Å². The summed E-state index contributed by atoms with van der Waals surface area (Å²) in [7, 11) is 0. The molecule has 0 N–H and O–H groups in total. The zero-order chi connectivity index (χ0) is 21.4. The van der Waals surface area contributed by atoms with Crippen molar-refractivity contribution >= 4 is 40.7 Å². The van der Waals surface area contributed by atoms with Gasteiger partial charge in [-0.2, -0.15) is 0 Å². The fraction of sp³-hybridized carbons (Fsp3) is 0.348. The van der Waals surface area contributed by atoms with Gasteiger partial charge in [-0.1, -0.05) is 37.6 Å². The zero-order valence-electron chi connectivity index (χ0n) is 17.1. The van der Waals surface area contributed by atoms with Crippen molar-refractivity contribution in [2.45, 2.75) is 20.3 Å². The van der Waals surface area contributed by atoms with Crippen molar-refractivity contribution in [1.82, 2.24) is 4.90 Å². The molecule has 0 radical (unpaired) electrons. The number of carbonyl (C=O) groups excluding carboxylic acids is 3. The summed E-state index contributed by atoms with van der Waals surface area (Å²) in [5.41, 5.74) is 2.05. The zero-order valence-corrected chi connectivity index (χ0v) is 17.9. The number of fused-ring (bicyclic) bond motifs is 1. The molecule has 1 fully saturated rings. The lowest BCUT2D eigenvalue weighted by Crippen LogP contribution is -2.49. The lowest BCUT2D eigenvalue weighted by molar-refractivity contribution is -0.132. The van der Waals surface area contributed by atoms with Gasteiger partial charge in [-0.15, -0.1) is 0 Å². The summed E-state index contributed by atoms with van der Waals surface area (Å²) in [6.45, 7) is 6.54. The normalized spacial score (nSPS) is 16.5. The van der Waals surface area contributed by atoms with Crippen LogP contribution in [0.5, 0.6) is 0 Å². The van der Waals surface area contributed by atoms with E-state index in [1.165, 1.54) is 4.90 Å². The molecule has 0 bridgehead atoms. The van der Waals surface area contributed by atoms with Crippen LogP contribution in [0, 0.1) is 5.92 Å². The number of hydrogen-bond donors (Lipinski definition) is 0. The Morgan fingerprint density at radius 1 is 0.933 bits per heavy atom. The summed E-state index contributed by atoms with van der Waals surface area (Å²) in [4.78, 5) is 43.6. The molecular weight excluding hydrogens is 402 g/mol. The van der Waals surface area contributed by atoms with Crippen molar-refractivity contribution in [3.63, 3.8) is 0 Å². The SMILES string of the molecule is CC(C)CC(=O)N1CCN(c2ccc(Cl)cc2N2C(=O)c3ccccc3C2=O)CC1. The topological polar surface area (TPSA) is 60.9 Å². The van der Waals surface area contributed by atoms with Gasteiger partial charge in [-0.25, -0.2) is 4.90 Å². The number of anilines is 2. The van der Waals surface area contributed by atoms with E-state index in [0.29, 0.717) is 60.4 Å². The molecule has 3 amide bonds. The van der Waals surface area contributed by atoms with Gasteiger partial charge in [0.1, 0.15) is 0 Å². The van der Waals surface area contributed by atoms with E-state index in [4.69, 9.17) is 11.6 Å². The Balaban J connectivity index is 1.60. The van der Waals surface area contributed by atoms with E-state index in [2.05, 4.69) is 4.90 Å². The molecule has 0 saturated carbocycles. The third-order valence-corrected chi connectivity index (χ3v) is 5.76. The van der Waals surface area contributed by atoms with E-state index in [9.17, 15) is 14.4 Å². The third-order valence-electron chi connectivity index (χ3n) is 5.53. The van der Waals surface area contributed by atoms with E-state index in [-0.39, 0.29) is 17.7 Å². The predicted molar refractivity (Wildman–Crippen MR) is 117 cm³/mol. The molecule has 156 valence electrons. The number of carbonyl (C=O) groups is 3. The molecular formula is C23H24ClN3O3. The van der Waals surface area contributed by atoms with Crippen LogP contribution in [0.25, 0.3) is 0 Å². The van der Waals surface area contributed by atoms with Gasteiger partial charge in [0, 0.05) is 37.6 Å². The highest BCUT2D eigenvalue weighted by molar-refractivity contribution is 6.36. The molecule has 4 rings (SSSR count). The Kier molecular flexibility index (Phi) is 5.52. The van der Waals surface area contributed by atoms with Crippen molar-refractivity contribution in [3.8, 4) is 0 Å². The first-order valence-electron chi connectivity index (χ1n) is 10.2. The van der Waals surface area contributed by atoms with Crippen LogP contribution >= 0.6 is 11.6 Å². The number of imide groups is 1. The highest BCUT2D eigenvalue weighted by atomic mass is 35.5. The highest BCUT2D eigenvalue weighted by Gasteiger charge is 2.38. The predicted octanol–water partition coefficient (Wildman–Crippen LogP) is 3.84. The molecule has 6 nitrogen and oxygen atoms in total. The molecule has 0 spiro atoms. The van der Waals surface area contributed by atoms with Crippen LogP contribution in [-0.4, -0.2) is 48.8 Å². The summed E-state index contributed by atoms with van der Waals surface area (Å²) in [5, 5.41) is 0.455. The fourth-order valence-corrected chi connectivity index (χ4v) is 4.19. The Labute approximate surface area is 181 Å². The number of amides is 3. The van der Waals surface area contributed by atoms with E-state index in [1.54, 1.807) is 36.4 Å². The lowest BCUT2D eigenvalue weighted by atomic mass is 10.1. The number of halogens is 1. The number of piperazine rings is 1. The average molecular weight is 426 g/mol. The van der Waals surface area contributed by atoms with Crippen molar-refractivity contribution < 1.29 is 14.4 Å². The minimum atomic E-state index is -0.343. The molecule has 2 aromatic carbocycles. The number of rotatable bonds is 4. The maximum atomic E-state index is 13.0. The molecule has 2 aliphatic heterocycles. The van der Waals surface area contributed by atoms with Gasteiger partial charge in [0.2, 0.25) is 5.91 Å². The number of benzene rings is 2. The molecule has 1 saturated heterocycles. The van der Waals surface area contributed by atoms with Crippen LogP contribution in [0.4, 0.5) is 11.4 Å². The first-order chi connectivity index (χ1) is 14.4. The first-order valence-corrected chi connectivity index (χ1v) is 10.5. The van der Waals surface area contributed by atoms with Gasteiger partial charge >= 0.3 is 0 Å². The van der Waals surface area contributed by atoms with E-state index >= 15 is 0 Å². The van der Waals surface area contributed by atoms with Gasteiger partial charge in [0.15, 0.2) is 0 Å². The third kappa shape index (κ3) is 3.67. The fourth-order valence-electron chi connectivity index (χ4n) is 4.03. The minimum absolute atomic E-state index is 0.168. The van der Waals surface area contributed by atoms with Crippen molar-refractivity contribution in [2.75, 3.05) is 36.0 Å². The summed E-state index contributed by atoms with van der Waals surface area (Å²) in [6, 6.07) is 12.1. The van der Waals surface area contributed by atoms with Gasteiger partial charge in [0.05, 0.1) is 22.5 Å². The Morgan fingerprint density at radius 3 is 2.10 bits per heavy atom. The van der Waals surface area contributed by atoms with Crippen LogP contribution < -0.4 is 9.80 Å². The van der Waals surface area contributed by atoms with E-state index < -0.39 is 0 Å². The van der Waals surface area contributed by atoms with E-state index in [0.717, 1.165) is 5.69 Å². The second-order valence-corrected chi connectivity index (χ2v) is 8.53. The molecule has 2 aliphatic rings. The van der Waals surface area contributed by atoms with Gasteiger partial charge in [0.25, 0.3) is 11.8 Å². The van der Waals surface area contributed by atoms with Crippen molar-refractivity contribution in [2.24, 2.45) is 5.92 Å². The van der Waals surface area contributed by atoms with Crippen molar-refractivity contribution in [3.05, 3.63) is 58.6 Å². The minimum Gasteiger partial charge on any atom is -0.366 e. The van der Waals surface area contributed by atoms with Gasteiger partial charge in [-0.05, 0) is 36.2 Å². The summed E-state index contributed by atoms with van der Waals surface area (Å²) in [5.74, 6) is -0.191. The average Bonchev–Trinajstić information content (AvgIpc) is 2.98. The van der Waals surface area contributed by atoms with Crippen LogP contribution in [0.3, 0.4) is 0 Å². The van der Waals surface area contributed by atoms with Crippen LogP contribution in [0.1, 0.15) is 41.0 Å². The standard InChI is InChI=1S/C23H24ClN3O3/c1-15(2)13-21(28)26-11-9-25(10-12-26)19-8-7-16(24)14-20(19)27-22(29)17-5-3-4-6-18(17)23(27)30/h3-8,14-15H,9-13H2,1-2H3. The first kappa shape index (κ1) is 20.4. The molecule has 0 unspecified atom stereocenters. The molecule has 2 heterocycles. The molecule has 7 heteroatoms. The summed E-state index contributed by atoms with van der Waals surface area (Å²) in [6.07, 6.45) is 0.543. The summed E-state index contributed by atoms with van der Waals surface area (Å²) < 4.78 is 0. The smallest absolute Gasteiger partial charge is 0.266 e. The number of hydrogen-bond acceptors (Lipinski definition) is 4. The Bertz CT molecular complexity index is 978. The quantitative estimate of drug-likeness (QED) is 0.698. The second kappa shape index (κ2) is 8.11. The van der Waals surface area contributed by atoms with Crippen LogP contribution in [0.15, 0.2) is 42.5 Å². The lowest BCUT2D eigenvalue weighted by Gasteiger charge is -2.38. The molecule has 2 aromatic rings. The maximum Gasteiger partial charge on any atom is 0.266 e. The monoisotopic (exact) mass is 425 g/mol. The van der Waals surface area contributed by atoms with Crippen molar-refractivity contribution in [1.29, 1.82) is 0 Å². The Morgan fingerprint density at radius 2 is 1.53 bits per heavy atom. The molecule has 0 atom stereocenters. The summed E-state index contributed by atoms with van der Waals surface area (Å²) >= 11 is 6.23.